The Hall–Kier alpha value is -1.05. The predicted octanol–water partition coefficient (Wildman–Crippen LogP) is 2.25. The fraction of sp³-hybridized carbons (Fsp3) is 0.571. The number of thiophene rings is 1. The van der Waals surface area contributed by atoms with Crippen LogP contribution in [-0.4, -0.2) is 40.1 Å². The number of aromatic nitrogens is 3. The molecule has 4 heterocycles. The van der Waals surface area contributed by atoms with Gasteiger partial charge in [-0.1, -0.05) is 0 Å². The van der Waals surface area contributed by atoms with Gasteiger partial charge in [0.05, 0.1) is 4.88 Å². The Morgan fingerprint density at radius 1 is 1.33 bits per heavy atom. The van der Waals surface area contributed by atoms with Crippen LogP contribution in [0.5, 0.6) is 0 Å². The van der Waals surface area contributed by atoms with Crippen LogP contribution in [0.2, 0.25) is 0 Å². The van der Waals surface area contributed by atoms with Crippen molar-refractivity contribution in [2.24, 2.45) is 5.73 Å². The van der Waals surface area contributed by atoms with Crippen molar-refractivity contribution in [3.05, 3.63) is 16.5 Å². The van der Waals surface area contributed by atoms with Crippen molar-refractivity contribution in [1.82, 2.24) is 15.2 Å². The zero-order valence-electron chi connectivity index (χ0n) is 11.8. The zero-order chi connectivity index (χ0) is 14.2. The average Bonchev–Trinajstić information content (AvgIpc) is 3.14. The zero-order valence-corrected chi connectivity index (χ0v) is 13.5. The summed E-state index contributed by atoms with van der Waals surface area (Å²) in [5.74, 6) is 4.10. The standard InChI is InChI=1S/C14H19N5S2/c15-10-1-4-19(5-2-10)14-16-13(17-18-14)12-7-9-8-20-6-3-11(9)21-12/h7,10H,1-6,8,15H2,(H,16,17,18). The molecule has 2 aliphatic rings. The number of piperidine rings is 1. The Bertz CT molecular complexity index is 604. The molecule has 3 N–H and O–H groups in total. The molecule has 0 amide bonds. The second-order valence-electron chi connectivity index (χ2n) is 5.67. The molecule has 112 valence electrons. The number of nitrogens with two attached hydrogens (primary N) is 1. The molecular weight excluding hydrogens is 302 g/mol. The molecule has 0 atom stereocenters. The number of thioether (sulfide) groups is 1. The van der Waals surface area contributed by atoms with Gasteiger partial charge in [-0.2, -0.15) is 16.7 Å². The molecule has 0 aromatic carbocycles. The lowest BCUT2D eigenvalue weighted by molar-refractivity contribution is 0.496. The van der Waals surface area contributed by atoms with E-state index in [0.29, 0.717) is 6.04 Å². The Morgan fingerprint density at radius 3 is 3.00 bits per heavy atom. The third-order valence-corrected chi connectivity index (χ3v) is 6.41. The number of rotatable bonds is 2. The van der Waals surface area contributed by atoms with Crippen molar-refractivity contribution in [2.75, 3.05) is 23.7 Å². The Labute approximate surface area is 132 Å². The first-order chi connectivity index (χ1) is 10.3. The van der Waals surface area contributed by atoms with Crippen LogP contribution in [0.1, 0.15) is 23.3 Å². The van der Waals surface area contributed by atoms with Gasteiger partial charge in [-0.15, -0.1) is 16.4 Å². The maximum atomic E-state index is 5.95. The fourth-order valence-electron chi connectivity index (χ4n) is 2.87. The van der Waals surface area contributed by atoms with E-state index in [0.717, 1.165) is 43.5 Å². The highest BCUT2D eigenvalue weighted by Crippen LogP contribution is 2.36. The molecule has 2 aromatic heterocycles. The smallest absolute Gasteiger partial charge is 0.245 e. The molecule has 1 saturated heterocycles. The van der Waals surface area contributed by atoms with Crippen LogP contribution in [0.3, 0.4) is 0 Å². The van der Waals surface area contributed by atoms with E-state index in [1.54, 1.807) is 0 Å². The maximum Gasteiger partial charge on any atom is 0.245 e. The Balaban J connectivity index is 1.55. The lowest BCUT2D eigenvalue weighted by Gasteiger charge is -2.28. The van der Waals surface area contributed by atoms with Gasteiger partial charge in [0.15, 0.2) is 5.82 Å². The number of nitrogens with zero attached hydrogens (tertiary/aromatic N) is 3. The quantitative estimate of drug-likeness (QED) is 0.888. The third kappa shape index (κ3) is 2.69. The number of nitrogens with one attached hydrogen (secondary N) is 1. The summed E-state index contributed by atoms with van der Waals surface area (Å²) in [6, 6.07) is 2.61. The first kappa shape index (κ1) is 13.6. The first-order valence-corrected chi connectivity index (χ1v) is 9.39. The minimum Gasteiger partial charge on any atom is -0.339 e. The van der Waals surface area contributed by atoms with Crippen molar-refractivity contribution in [3.8, 4) is 10.7 Å². The van der Waals surface area contributed by atoms with Crippen LogP contribution < -0.4 is 10.6 Å². The monoisotopic (exact) mass is 321 g/mol. The van der Waals surface area contributed by atoms with Crippen LogP contribution >= 0.6 is 23.1 Å². The largest absolute Gasteiger partial charge is 0.339 e. The summed E-state index contributed by atoms with van der Waals surface area (Å²) >= 11 is 3.88. The number of hydrogen-bond acceptors (Lipinski definition) is 6. The van der Waals surface area contributed by atoms with E-state index in [-0.39, 0.29) is 0 Å². The van der Waals surface area contributed by atoms with Crippen molar-refractivity contribution in [2.45, 2.75) is 31.1 Å². The molecular formula is C14H19N5S2. The van der Waals surface area contributed by atoms with Crippen LogP contribution in [0, 0.1) is 0 Å². The molecule has 5 nitrogen and oxygen atoms in total. The van der Waals surface area contributed by atoms with E-state index in [4.69, 9.17) is 10.7 Å². The van der Waals surface area contributed by atoms with Crippen molar-refractivity contribution < 1.29 is 0 Å². The highest BCUT2D eigenvalue weighted by Gasteiger charge is 2.21. The van der Waals surface area contributed by atoms with E-state index < -0.39 is 0 Å². The predicted molar refractivity (Wildman–Crippen MR) is 89.0 cm³/mol. The van der Waals surface area contributed by atoms with E-state index in [9.17, 15) is 0 Å². The lowest BCUT2D eigenvalue weighted by Crippen LogP contribution is -2.40. The van der Waals surface area contributed by atoms with E-state index in [2.05, 4.69) is 21.2 Å². The summed E-state index contributed by atoms with van der Waals surface area (Å²) in [6.45, 7) is 1.91. The molecule has 0 radical (unpaired) electrons. The Kier molecular flexibility index (Phi) is 3.64. The van der Waals surface area contributed by atoms with Crippen LogP contribution in [0.4, 0.5) is 5.95 Å². The summed E-state index contributed by atoms with van der Waals surface area (Å²) in [4.78, 5) is 9.66. The van der Waals surface area contributed by atoms with Gasteiger partial charge in [0, 0.05) is 29.8 Å². The lowest BCUT2D eigenvalue weighted by atomic mass is 10.1. The van der Waals surface area contributed by atoms with E-state index in [1.807, 2.05) is 23.1 Å². The molecule has 0 aliphatic carbocycles. The Morgan fingerprint density at radius 2 is 2.19 bits per heavy atom. The van der Waals surface area contributed by atoms with Crippen LogP contribution in [0.15, 0.2) is 6.07 Å². The minimum absolute atomic E-state index is 0.334. The number of anilines is 1. The van der Waals surface area contributed by atoms with Gasteiger partial charge >= 0.3 is 0 Å². The summed E-state index contributed by atoms with van der Waals surface area (Å²) in [5.41, 5.74) is 7.43. The topological polar surface area (TPSA) is 70.8 Å². The van der Waals surface area contributed by atoms with Gasteiger partial charge in [0.25, 0.3) is 0 Å². The SMILES string of the molecule is NC1CCN(c2n[nH]c(-c3cc4c(s3)CCSC4)n2)CC1. The number of fused-ring (bicyclic) bond motifs is 1. The highest BCUT2D eigenvalue weighted by atomic mass is 32.2. The van der Waals surface area contributed by atoms with Gasteiger partial charge in [0.1, 0.15) is 0 Å². The van der Waals surface area contributed by atoms with Crippen molar-refractivity contribution >= 4 is 29.0 Å². The molecule has 2 aliphatic heterocycles. The molecule has 21 heavy (non-hydrogen) atoms. The molecule has 4 rings (SSSR count). The van der Waals surface area contributed by atoms with Gasteiger partial charge in [-0.25, -0.2) is 0 Å². The maximum absolute atomic E-state index is 5.95. The molecule has 0 bridgehead atoms. The van der Waals surface area contributed by atoms with Crippen molar-refractivity contribution in [3.63, 3.8) is 0 Å². The number of H-pyrrole nitrogens is 1. The second kappa shape index (κ2) is 5.62. The van der Waals surface area contributed by atoms with Crippen LogP contribution in [0.25, 0.3) is 10.7 Å². The average molecular weight is 321 g/mol. The molecule has 2 aromatic rings. The van der Waals surface area contributed by atoms with Gasteiger partial charge in [-0.05, 0) is 36.6 Å². The molecule has 1 fully saturated rings. The second-order valence-corrected chi connectivity index (χ2v) is 7.91. The molecule has 0 unspecified atom stereocenters. The first-order valence-electron chi connectivity index (χ1n) is 7.42. The molecule has 0 saturated carbocycles. The van der Waals surface area contributed by atoms with Crippen LogP contribution in [-0.2, 0) is 12.2 Å². The minimum atomic E-state index is 0.334. The summed E-state index contributed by atoms with van der Waals surface area (Å²) in [5, 5.41) is 7.51. The fourth-order valence-corrected chi connectivity index (χ4v) is 5.18. The van der Waals surface area contributed by atoms with Gasteiger partial charge in [0.2, 0.25) is 5.95 Å². The molecule has 0 spiro atoms. The molecule has 7 heteroatoms. The van der Waals surface area contributed by atoms with Gasteiger partial charge in [-0.3, -0.25) is 5.10 Å². The summed E-state index contributed by atoms with van der Waals surface area (Å²) in [6.07, 6.45) is 3.23. The van der Waals surface area contributed by atoms with E-state index >= 15 is 0 Å². The van der Waals surface area contributed by atoms with E-state index in [1.165, 1.54) is 27.5 Å². The normalized spacial score (nSPS) is 19.8. The highest BCUT2D eigenvalue weighted by molar-refractivity contribution is 7.98. The van der Waals surface area contributed by atoms with Gasteiger partial charge < -0.3 is 10.6 Å². The van der Waals surface area contributed by atoms with Crippen molar-refractivity contribution in [1.29, 1.82) is 0 Å². The third-order valence-electron chi connectivity index (χ3n) is 4.16. The summed E-state index contributed by atoms with van der Waals surface area (Å²) < 4.78 is 0. The number of aryl methyl sites for hydroxylation is 1. The number of aromatic amines is 1. The summed E-state index contributed by atoms with van der Waals surface area (Å²) in [7, 11) is 0. The number of hydrogen-bond donors (Lipinski definition) is 2.